The van der Waals surface area contributed by atoms with Crippen LogP contribution in [0.5, 0.6) is 23.0 Å². The van der Waals surface area contributed by atoms with Crippen molar-refractivity contribution in [2.24, 2.45) is 5.41 Å². The number of carbonyl (C=O) groups is 9. The Morgan fingerprint density at radius 2 is 1.01 bits per heavy atom. The van der Waals surface area contributed by atoms with Crippen molar-refractivity contribution in [1.29, 1.82) is 0 Å². The Kier molecular flexibility index (Phi) is 14.7. The molecule has 0 bridgehead atoms. The van der Waals surface area contributed by atoms with Gasteiger partial charge < -0.3 is 38.5 Å². The summed E-state index contributed by atoms with van der Waals surface area (Å²) >= 11 is 0. The van der Waals surface area contributed by atoms with Crippen LogP contribution < -0.4 is 14.2 Å². The molecule has 0 N–H and O–H groups in total. The fourth-order valence-corrected chi connectivity index (χ4v) is 9.54. The minimum Gasteiger partial charge on any atom is -0.456 e. The van der Waals surface area contributed by atoms with Gasteiger partial charge in [-0.25, -0.2) is 14.4 Å². The standard InChI is InChI=1S/C56H60N4O13/c1-30-32(3)50(65)38(34(5)48(30)63)19-22-45(61)57(9)23-25-59(11)53(68)70-36-17-20-41-43(27-36)72-44-28-37(18-21-42(44)56(41)40-16-14-13-15-39(40)52(67)73-56)71-54(69)60(12)26-24-58(10)46(62)29-55(7,8)47-35(6)49(64)31(2)33(4)51(47)66/h13-18,20-21,27-28H,19,22-26,29H2,1-12H3. The van der Waals surface area contributed by atoms with Gasteiger partial charge in [0, 0.05) is 146 Å². The molecule has 1 spiro atoms. The van der Waals surface area contributed by atoms with E-state index in [1.54, 1.807) is 118 Å². The molecule has 1 unspecified atom stereocenters. The van der Waals surface area contributed by atoms with Crippen molar-refractivity contribution in [3.8, 4) is 23.0 Å². The Balaban J connectivity index is 1.01. The molecule has 2 aliphatic carbocycles. The molecule has 2 aliphatic heterocycles. The van der Waals surface area contributed by atoms with Gasteiger partial charge in [0.05, 0.1) is 5.56 Å². The van der Waals surface area contributed by atoms with Crippen LogP contribution in [0.2, 0.25) is 0 Å². The van der Waals surface area contributed by atoms with E-state index in [0.29, 0.717) is 66.8 Å². The summed E-state index contributed by atoms with van der Waals surface area (Å²) in [6, 6.07) is 16.3. The summed E-state index contributed by atoms with van der Waals surface area (Å²) in [6.07, 6.45) is -1.42. The van der Waals surface area contributed by atoms with Gasteiger partial charge in [0.25, 0.3) is 0 Å². The largest absolute Gasteiger partial charge is 0.456 e. The third kappa shape index (κ3) is 9.87. The van der Waals surface area contributed by atoms with Gasteiger partial charge in [0.1, 0.15) is 23.0 Å². The van der Waals surface area contributed by atoms with E-state index in [1.807, 2.05) is 0 Å². The Morgan fingerprint density at radius 3 is 1.56 bits per heavy atom. The lowest BCUT2D eigenvalue weighted by molar-refractivity contribution is -0.132. The van der Waals surface area contributed by atoms with E-state index in [1.165, 1.54) is 45.8 Å². The highest BCUT2D eigenvalue weighted by Crippen LogP contribution is 2.57. The molecule has 7 rings (SSSR count). The molecular weight excluding hydrogens is 937 g/mol. The number of rotatable bonds is 14. The topological polar surface area (TPSA) is 204 Å². The number of carbonyl (C=O) groups excluding carboxylic acids is 9. The number of likely N-dealkylation sites (N-methyl/N-ethyl adjacent to an activating group) is 4. The molecular formula is C56H60N4O13. The van der Waals surface area contributed by atoms with Gasteiger partial charge in [-0.15, -0.1) is 0 Å². The van der Waals surface area contributed by atoms with Crippen LogP contribution in [-0.4, -0.2) is 127 Å². The first-order chi connectivity index (χ1) is 34.3. The van der Waals surface area contributed by atoms with Gasteiger partial charge >= 0.3 is 18.2 Å². The molecule has 1 atom stereocenters. The molecule has 3 aromatic rings. The maximum absolute atomic E-state index is 13.5. The van der Waals surface area contributed by atoms with Crippen molar-refractivity contribution < 1.29 is 62.1 Å². The second kappa shape index (κ2) is 20.3. The number of amides is 4. The van der Waals surface area contributed by atoms with Gasteiger partial charge in [-0.3, -0.25) is 28.8 Å². The fourth-order valence-electron chi connectivity index (χ4n) is 9.54. The summed E-state index contributed by atoms with van der Waals surface area (Å²) in [5.74, 6) is -1.47. The van der Waals surface area contributed by atoms with E-state index in [4.69, 9.17) is 18.9 Å². The SMILES string of the molecule is CC1=C(C)C(=O)C(CCC(=O)N(C)CCN(C)C(=O)Oc2ccc3c(c2)Oc2cc(OC(=O)N(C)CCN(C)C(=O)CC(C)(C)C4=C(C)C(=O)C(C)=C(C)C4=O)ccc2C32OC(=O)c3ccccc32)=C(C)C1=O. The number of hydrogen-bond acceptors (Lipinski definition) is 13. The predicted octanol–water partition coefficient (Wildman–Crippen LogP) is 7.84. The number of esters is 1. The van der Waals surface area contributed by atoms with Crippen molar-refractivity contribution in [3.05, 3.63) is 128 Å². The maximum atomic E-state index is 13.5. The van der Waals surface area contributed by atoms with Gasteiger partial charge in [-0.1, -0.05) is 32.0 Å². The number of nitrogens with zero attached hydrogens (tertiary/aromatic N) is 4. The molecule has 2 heterocycles. The highest BCUT2D eigenvalue weighted by Gasteiger charge is 2.54. The number of allylic oxidation sites excluding steroid dienone is 8. The van der Waals surface area contributed by atoms with Crippen molar-refractivity contribution in [2.75, 3.05) is 54.4 Å². The molecule has 4 aliphatic rings. The molecule has 0 radical (unpaired) electrons. The summed E-state index contributed by atoms with van der Waals surface area (Å²) in [5, 5.41) is 0. The van der Waals surface area contributed by atoms with Crippen LogP contribution in [0, 0.1) is 5.41 Å². The quantitative estimate of drug-likeness (QED) is 0.112. The molecule has 382 valence electrons. The van der Waals surface area contributed by atoms with Crippen LogP contribution in [0.25, 0.3) is 0 Å². The van der Waals surface area contributed by atoms with E-state index >= 15 is 0 Å². The first kappa shape index (κ1) is 52.9. The zero-order chi connectivity index (χ0) is 53.6. The molecule has 73 heavy (non-hydrogen) atoms. The highest BCUT2D eigenvalue weighted by molar-refractivity contribution is 6.25. The fraction of sp³-hybridized carbons (Fsp3) is 0.375. The number of fused-ring (bicyclic) bond motifs is 6. The van der Waals surface area contributed by atoms with Crippen molar-refractivity contribution in [3.63, 3.8) is 0 Å². The van der Waals surface area contributed by atoms with Crippen LogP contribution in [0.3, 0.4) is 0 Å². The highest BCUT2D eigenvalue weighted by atomic mass is 16.6. The number of benzene rings is 3. The Bertz CT molecular complexity index is 3080. The smallest absolute Gasteiger partial charge is 0.415 e. The third-order valence-electron chi connectivity index (χ3n) is 14.4. The number of ether oxygens (including phenoxy) is 4. The summed E-state index contributed by atoms with van der Waals surface area (Å²) in [4.78, 5) is 124. The van der Waals surface area contributed by atoms with E-state index in [9.17, 15) is 43.2 Å². The number of Topliss-reactive ketones (excluding diaryl/α,β-unsaturated/α-hetero) is 4. The lowest BCUT2D eigenvalue weighted by Gasteiger charge is -2.36. The monoisotopic (exact) mass is 996 g/mol. The van der Waals surface area contributed by atoms with E-state index < -0.39 is 29.2 Å². The summed E-state index contributed by atoms with van der Waals surface area (Å²) in [5.41, 5.74) is 2.23. The molecule has 17 nitrogen and oxygen atoms in total. The van der Waals surface area contributed by atoms with Gasteiger partial charge in [0.2, 0.25) is 11.8 Å². The zero-order valence-electron chi connectivity index (χ0n) is 43.3. The minimum absolute atomic E-state index is 0.00104. The Hall–Kier alpha value is -7.95. The molecule has 0 aromatic heterocycles. The molecule has 0 saturated carbocycles. The van der Waals surface area contributed by atoms with Gasteiger partial charge in [-0.05, 0) is 78.3 Å². The van der Waals surface area contributed by atoms with Gasteiger partial charge in [-0.2, -0.15) is 0 Å². The maximum Gasteiger partial charge on any atom is 0.415 e. The van der Waals surface area contributed by atoms with Crippen LogP contribution >= 0.6 is 0 Å². The van der Waals surface area contributed by atoms with Crippen LogP contribution in [0.1, 0.15) is 102 Å². The second-order valence-corrected chi connectivity index (χ2v) is 19.7. The van der Waals surface area contributed by atoms with Crippen LogP contribution in [0.4, 0.5) is 9.59 Å². The average molecular weight is 997 g/mol. The van der Waals surface area contributed by atoms with E-state index in [2.05, 4.69) is 0 Å². The minimum atomic E-state index is -1.49. The summed E-state index contributed by atoms with van der Waals surface area (Å²) in [7, 11) is 6.20. The Morgan fingerprint density at radius 1 is 0.548 bits per heavy atom. The molecule has 4 amide bonds. The van der Waals surface area contributed by atoms with Crippen molar-refractivity contribution >= 4 is 53.1 Å². The van der Waals surface area contributed by atoms with Crippen LogP contribution in [0.15, 0.2) is 105 Å². The summed E-state index contributed by atoms with van der Waals surface area (Å²) < 4.78 is 24.2. The van der Waals surface area contributed by atoms with Gasteiger partial charge in [0.15, 0.2) is 28.7 Å². The lowest BCUT2D eigenvalue weighted by Crippen LogP contribution is -2.40. The molecule has 0 fully saturated rings. The first-order valence-corrected chi connectivity index (χ1v) is 23.9. The third-order valence-corrected chi connectivity index (χ3v) is 14.4. The zero-order valence-corrected chi connectivity index (χ0v) is 43.3. The number of hydrogen-bond donors (Lipinski definition) is 0. The van der Waals surface area contributed by atoms with Crippen LogP contribution in [-0.2, 0) is 39.1 Å². The second-order valence-electron chi connectivity index (χ2n) is 19.7. The lowest BCUT2D eigenvalue weighted by atomic mass is 9.71. The van der Waals surface area contributed by atoms with E-state index in [-0.39, 0.29) is 103 Å². The Labute approximate surface area is 424 Å². The van der Waals surface area contributed by atoms with Crippen molar-refractivity contribution in [1.82, 2.24) is 19.6 Å². The molecule has 3 aromatic carbocycles. The first-order valence-electron chi connectivity index (χ1n) is 23.9. The van der Waals surface area contributed by atoms with E-state index in [0.717, 1.165) is 0 Å². The van der Waals surface area contributed by atoms with Crippen molar-refractivity contribution in [2.45, 2.75) is 80.3 Å². The predicted molar refractivity (Wildman–Crippen MR) is 267 cm³/mol. The normalized spacial score (nSPS) is 17.3. The summed E-state index contributed by atoms with van der Waals surface area (Å²) in [6.45, 7) is 13.7. The number of ketones is 4. The molecule has 17 heteroatoms. The molecule has 0 saturated heterocycles. The average Bonchev–Trinajstić information content (AvgIpc) is 3.65.